The largest absolute Gasteiger partial charge is 0.500 e. The van der Waals surface area contributed by atoms with Gasteiger partial charge in [0.05, 0.1) is 6.54 Å². The summed E-state index contributed by atoms with van der Waals surface area (Å²) in [4.78, 5) is 25.4. The van der Waals surface area contributed by atoms with E-state index in [9.17, 15) is 9.59 Å². The molecule has 0 aromatic rings. The molecule has 0 rings (SSSR count). The van der Waals surface area contributed by atoms with Gasteiger partial charge in [-0.25, -0.2) is 9.59 Å². The first-order chi connectivity index (χ1) is 12.4. The minimum Gasteiger partial charge on any atom is -0.460 e. The lowest BCUT2D eigenvalue weighted by atomic mass is 10.3. The highest BCUT2D eigenvalue weighted by atomic mass is 28.4. The third-order valence-corrected chi connectivity index (χ3v) is 6.70. The minimum absolute atomic E-state index is 0.117. The fourth-order valence-electron chi connectivity index (χ4n) is 2.24. The van der Waals surface area contributed by atoms with Crippen LogP contribution in [0.4, 0.5) is 4.79 Å². The highest BCUT2D eigenvalue weighted by Gasteiger charge is 2.37. The van der Waals surface area contributed by atoms with Crippen molar-refractivity contribution in [1.29, 1.82) is 0 Å². The molecule has 0 saturated heterocycles. The molecular weight excluding hydrogens is 356 g/mol. The van der Waals surface area contributed by atoms with E-state index >= 15 is 0 Å². The maximum absolute atomic E-state index is 12.4. The molecule has 0 atom stereocenters. The zero-order valence-electron chi connectivity index (χ0n) is 16.8. The number of ether oxygens (including phenoxy) is 1. The van der Waals surface area contributed by atoms with Crippen molar-refractivity contribution in [2.24, 2.45) is 0 Å². The Morgan fingerprint density at radius 1 is 1.08 bits per heavy atom. The summed E-state index contributed by atoms with van der Waals surface area (Å²) in [6.45, 7) is 8.77. The molecule has 0 bridgehead atoms. The van der Waals surface area contributed by atoms with Crippen molar-refractivity contribution in [3.05, 3.63) is 12.2 Å². The summed E-state index contributed by atoms with van der Waals surface area (Å²) >= 11 is 0. The molecule has 8 nitrogen and oxygen atoms in total. The van der Waals surface area contributed by atoms with Crippen LogP contribution in [-0.4, -0.2) is 73.3 Å². The van der Waals surface area contributed by atoms with Gasteiger partial charge in [-0.1, -0.05) is 19.9 Å². The number of hydrogen-bond acceptors (Lipinski definition) is 6. The molecule has 0 aliphatic carbocycles. The van der Waals surface area contributed by atoms with Crippen molar-refractivity contribution in [3.8, 4) is 0 Å². The van der Waals surface area contributed by atoms with E-state index in [4.69, 9.17) is 18.0 Å². The van der Waals surface area contributed by atoms with E-state index in [0.29, 0.717) is 31.1 Å². The van der Waals surface area contributed by atoms with Crippen molar-refractivity contribution in [2.75, 3.05) is 47.6 Å². The smallest absolute Gasteiger partial charge is 0.460 e. The Kier molecular flexibility index (Phi) is 13.0. The van der Waals surface area contributed by atoms with Crippen molar-refractivity contribution >= 4 is 20.8 Å². The van der Waals surface area contributed by atoms with Gasteiger partial charge < -0.3 is 28.2 Å². The molecule has 1 N–H and O–H groups in total. The molecule has 0 unspecified atom stereocenters. The van der Waals surface area contributed by atoms with E-state index in [1.165, 1.54) is 0 Å². The van der Waals surface area contributed by atoms with Gasteiger partial charge in [-0.2, -0.15) is 0 Å². The fraction of sp³-hybridized carbons (Fsp3) is 0.765. The maximum atomic E-state index is 12.4. The first-order valence-corrected chi connectivity index (χ1v) is 10.8. The summed E-state index contributed by atoms with van der Waals surface area (Å²) in [5.41, 5.74) is 0.336. The number of carbonyl (C=O) groups is 2. The van der Waals surface area contributed by atoms with Gasteiger partial charge in [0.1, 0.15) is 6.61 Å². The molecule has 0 heterocycles. The number of unbranched alkanes of at least 4 members (excludes halogenated alkanes) is 1. The Morgan fingerprint density at radius 2 is 1.65 bits per heavy atom. The topological polar surface area (TPSA) is 86.3 Å². The summed E-state index contributed by atoms with van der Waals surface area (Å²) in [6.07, 6.45) is 2.62. The molecule has 0 aromatic carbocycles. The van der Waals surface area contributed by atoms with Gasteiger partial charge in [-0.3, -0.25) is 0 Å². The van der Waals surface area contributed by atoms with Gasteiger partial charge in [-0.15, -0.1) is 0 Å². The Labute approximate surface area is 158 Å². The molecule has 0 aliphatic heterocycles. The quantitative estimate of drug-likeness (QED) is 0.212. The molecule has 2 amide bonds. The number of nitrogens with one attached hydrogen (secondary N) is 1. The van der Waals surface area contributed by atoms with Gasteiger partial charge in [0.2, 0.25) is 0 Å². The number of nitrogens with zero attached hydrogens (tertiary/aromatic N) is 1. The van der Waals surface area contributed by atoms with Crippen LogP contribution in [0.2, 0.25) is 6.04 Å². The molecular formula is C17H34N2O6Si. The highest BCUT2D eigenvalue weighted by Crippen LogP contribution is 2.15. The van der Waals surface area contributed by atoms with E-state index in [2.05, 4.69) is 18.8 Å². The van der Waals surface area contributed by atoms with Crippen LogP contribution < -0.4 is 5.32 Å². The average Bonchev–Trinajstić information content (AvgIpc) is 2.64. The fourth-order valence-corrected chi connectivity index (χ4v) is 3.95. The molecule has 0 radical (unpaired) electrons. The maximum Gasteiger partial charge on any atom is 0.500 e. The van der Waals surface area contributed by atoms with Crippen LogP contribution in [0, 0.1) is 0 Å². The summed E-state index contributed by atoms with van der Waals surface area (Å²) in [7, 11) is 2.10. The van der Waals surface area contributed by atoms with E-state index in [0.717, 1.165) is 12.8 Å². The van der Waals surface area contributed by atoms with Crippen molar-refractivity contribution in [1.82, 2.24) is 10.2 Å². The van der Waals surface area contributed by atoms with Crippen LogP contribution in [0.3, 0.4) is 0 Å². The number of carbonyl (C=O) groups excluding carboxylic acids is 2. The van der Waals surface area contributed by atoms with Gasteiger partial charge in [-0.05, 0) is 19.8 Å². The van der Waals surface area contributed by atoms with Gasteiger partial charge in [0.25, 0.3) is 0 Å². The zero-order valence-corrected chi connectivity index (χ0v) is 17.8. The van der Waals surface area contributed by atoms with Crippen LogP contribution >= 0.6 is 0 Å². The number of amides is 2. The lowest BCUT2D eigenvalue weighted by Crippen LogP contribution is -2.45. The summed E-state index contributed by atoms with van der Waals surface area (Å²) in [6, 6.07) is 0.451. The number of esters is 1. The molecule has 0 aromatic heterocycles. The standard InChI is InChI=1S/C17H34N2O6Si/c1-7-8-11-19(12-9-14-26(22-4,23-5)24-6)17(21)18-10-13-25-16(20)15(2)3/h2,7-14H2,1,3-6H3,(H,18,21). The Hall–Kier alpha value is -1.42. The SMILES string of the molecule is C=C(C)C(=O)OCCNC(=O)N(CCCC)CCC[Si](OC)(OC)OC. The van der Waals surface area contributed by atoms with E-state index in [1.54, 1.807) is 33.2 Å². The Morgan fingerprint density at radius 3 is 2.15 bits per heavy atom. The molecule has 0 spiro atoms. The number of urea groups is 1. The summed E-state index contributed by atoms with van der Waals surface area (Å²) in [5, 5.41) is 2.77. The summed E-state index contributed by atoms with van der Waals surface area (Å²) in [5.74, 6) is -0.456. The van der Waals surface area contributed by atoms with Crippen LogP contribution in [0.1, 0.15) is 33.1 Å². The van der Waals surface area contributed by atoms with Crippen molar-refractivity contribution < 1.29 is 27.6 Å². The molecule has 0 fully saturated rings. The second kappa shape index (κ2) is 13.7. The third kappa shape index (κ3) is 9.32. The van der Waals surface area contributed by atoms with E-state index < -0.39 is 14.8 Å². The average molecular weight is 391 g/mol. The number of rotatable bonds is 14. The predicted molar refractivity (Wildman–Crippen MR) is 102 cm³/mol. The van der Waals surface area contributed by atoms with Crippen LogP contribution in [0.5, 0.6) is 0 Å². The van der Waals surface area contributed by atoms with Crippen LogP contribution in [0.25, 0.3) is 0 Å². The van der Waals surface area contributed by atoms with Crippen molar-refractivity contribution in [3.63, 3.8) is 0 Å². The molecule has 152 valence electrons. The third-order valence-electron chi connectivity index (χ3n) is 3.87. The Balaban J connectivity index is 4.42. The molecule has 26 heavy (non-hydrogen) atoms. The predicted octanol–water partition coefficient (Wildman–Crippen LogP) is 2.19. The van der Waals surface area contributed by atoms with Gasteiger partial charge in [0, 0.05) is 46.0 Å². The van der Waals surface area contributed by atoms with Gasteiger partial charge >= 0.3 is 20.8 Å². The first-order valence-electron chi connectivity index (χ1n) is 8.86. The molecule has 9 heteroatoms. The molecule has 0 saturated carbocycles. The van der Waals surface area contributed by atoms with E-state index in [1.807, 2.05) is 0 Å². The number of hydrogen-bond donors (Lipinski definition) is 1. The summed E-state index contributed by atoms with van der Waals surface area (Å²) < 4.78 is 21.2. The van der Waals surface area contributed by atoms with Crippen LogP contribution in [0.15, 0.2) is 12.2 Å². The second-order valence-corrected chi connectivity index (χ2v) is 8.98. The highest BCUT2D eigenvalue weighted by molar-refractivity contribution is 6.60. The minimum atomic E-state index is -2.63. The van der Waals surface area contributed by atoms with E-state index in [-0.39, 0.29) is 19.2 Å². The second-order valence-electron chi connectivity index (χ2n) is 5.89. The lowest BCUT2D eigenvalue weighted by Gasteiger charge is -2.27. The van der Waals surface area contributed by atoms with Crippen LogP contribution in [-0.2, 0) is 22.8 Å². The van der Waals surface area contributed by atoms with Gasteiger partial charge in [0.15, 0.2) is 0 Å². The monoisotopic (exact) mass is 390 g/mol. The first kappa shape index (κ1) is 24.6. The zero-order chi connectivity index (χ0) is 20.0. The normalized spacial score (nSPS) is 11.1. The lowest BCUT2D eigenvalue weighted by molar-refractivity contribution is -0.138. The molecule has 0 aliphatic rings. The Bertz CT molecular complexity index is 435. The van der Waals surface area contributed by atoms with Crippen molar-refractivity contribution in [2.45, 2.75) is 39.2 Å².